The molecular weight excluding hydrogens is 467 g/mol. The second-order valence-electron chi connectivity index (χ2n) is 7.70. The van der Waals surface area contributed by atoms with Gasteiger partial charge in [0.15, 0.2) is 6.61 Å². The van der Waals surface area contributed by atoms with Gasteiger partial charge in [0.25, 0.3) is 5.56 Å². The van der Waals surface area contributed by atoms with E-state index in [-0.39, 0.29) is 18.4 Å². The molecular formula is C24H24F3N3O5. The number of halogens is 3. The molecule has 11 heteroatoms. The fraction of sp³-hybridized carbons (Fsp3) is 0.333. The summed E-state index contributed by atoms with van der Waals surface area (Å²) in [6.07, 6.45) is -4.45. The first-order valence-corrected chi connectivity index (χ1v) is 10.8. The van der Waals surface area contributed by atoms with E-state index in [1.165, 1.54) is 34.9 Å². The van der Waals surface area contributed by atoms with Crippen LogP contribution in [-0.4, -0.2) is 55.7 Å². The highest BCUT2D eigenvalue weighted by molar-refractivity contribution is 5.44. The van der Waals surface area contributed by atoms with E-state index in [1.54, 1.807) is 19.2 Å². The Hall–Kier alpha value is -3.73. The molecule has 2 heterocycles. The van der Waals surface area contributed by atoms with Gasteiger partial charge in [-0.25, -0.2) is 4.57 Å². The lowest BCUT2D eigenvalue weighted by Gasteiger charge is -2.28. The Bertz CT molecular complexity index is 1170. The van der Waals surface area contributed by atoms with E-state index in [0.29, 0.717) is 43.6 Å². The van der Waals surface area contributed by atoms with E-state index in [4.69, 9.17) is 18.9 Å². The molecule has 8 nitrogen and oxygen atoms in total. The Morgan fingerprint density at radius 1 is 0.971 bits per heavy atom. The summed E-state index contributed by atoms with van der Waals surface area (Å²) >= 11 is 0. The summed E-state index contributed by atoms with van der Waals surface area (Å²) in [4.78, 5) is 19.6. The van der Waals surface area contributed by atoms with Crippen LogP contribution in [0.5, 0.6) is 17.5 Å². The zero-order valence-electron chi connectivity index (χ0n) is 19.0. The second kappa shape index (κ2) is 10.7. The molecule has 4 rings (SSSR count). The van der Waals surface area contributed by atoms with E-state index in [2.05, 4.69) is 4.98 Å². The minimum Gasteiger partial charge on any atom is -0.497 e. The average Bonchev–Trinajstić information content (AvgIpc) is 2.87. The quantitative estimate of drug-likeness (QED) is 0.477. The monoisotopic (exact) mass is 491 g/mol. The van der Waals surface area contributed by atoms with Crippen molar-refractivity contribution in [3.05, 3.63) is 70.5 Å². The first kappa shape index (κ1) is 24.4. The van der Waals surface area contributed by atoms with Crippen LogP contribution in [0.25, 0.3) is 5.69 Å². The van der Waals surface area contributed by atoms with Crippen molar-refractivity contribution >= 4 is 5.82 Å². The van der Waals surface area contributed by atoms with E-state index >= 15 is 0 Å². The molecule has 0 bridgehead atoms. The first-order chi connectivity index (χ1) is 16.8. The maximum atomic E-state index is 13.1. The van der Waals surface area contributed by atoms with Gasteiger partial charge in [-0.2, -0.15) is 18.2 Å². The summed E-state index contributed by atoms with van der Waals surface area (Å²) in [7, 11) is 1.57. The molecule has 1 aliphatic heterocycles. The number of alkyl halides is 3. The highest BCUT2D eigenvalue weighted by Crippen LogP contribution is 2.23. The van der Waals surface area contributed by atoms with Crippen LogP contribution in [0.2, 0.25) is 0 Å². The van der Waals surface area contributed by atoms with Crippen LogP contribution in [0.15, 0.2) is 59.4 Å². The van der Waals surface area contributed by atoms with Gasteiger partial charge in [0.2, 0.25) is 0 Å². The zero-order valence-corrected chi connectivity index (χ0v) is 19.0. The molecule has 0 radical (unpaired) electrons. The van der Waals surface area contributed by atoms with Gasteiger partial charge >= 0.3 is 12.2 Å². The van der Waals surface area contributed by atoms with E-state index in [1.807, 2.05) is 17.0 Å². The summed E-state index contributed by atoms with van der Waals surface area (Å²) in [5, 5.41) is 0. The molecule has 1 saturated heterocycles. The Balaban J connectivity index is 1.63. The maximum absolute atomic E-state index is 13.1. The number of ether oxygens (including phenoxy) is 4. The molecule has 0 amide bonds. The topological polar surface area (TPSA) is 75.1 Å². The third-order valence-electron chi connectivity index (χ3n) is 5.23. The minimum absolute atomic E-state index is 0.0257. The molecule has 35 heavy (non-hydrogen) atoms. The van der Waals surface area contributed by atoms with E-state index in [9.17, 15) is 18.0 Å². The molecule has 1 aliphatic rings. The molecule has 0 saturated carbocycles. The molecule has 0 spiro atoms. The minimum atomic E-state index is -4.45. The van der Waals surface area contributed by atoms with E-state index in [0.717, 1.165) is 5.56 Å². The lowest BCUT2D eigenvalue weighted by atomic mass is 10.2. The predicted molar refractivity (Wildman–Crippen MR) is 122 cm³/mol. The zero-order chi connectivity index (χ0) is 24.8. The van der Waals surface area contributed by atoms with Crippen molar-refractivity contribution in [2.24, 2.45) is 0 Å². The van der Waals surface area contributed by atoms with Crippen molar-refractivity contribution in [2.75, 3.05) is 44.9 Å². The third-order valence-corrected chi connectivity index (χ3v) is 5.23. The fourth-order valence-corrected chi connectivity index (χ4v) is 3.46. The number of aromatic nitrogens is 2. The maximum Gasteiger partial charge on any atom is 0.422 e. The summed E-state index contributed by atoms with van der Waals surface area (Å²) in [6, 6.07) is 14.4. The number of benzene rings is 2. The number of methoxy groups -OCH3 is 1. The number of hydrogen-bond acceptors (Lipinski definition) is 7. The molecule has 0 N–H and O–H groups in total. The van der Waals surface area contributed by atoms with Crippen molar-refractivity contribution in [3.8, 4) is 23.2 Å². The standard InChI is InChI=1S/C24H24F3N3O5/c1-32-19-6-2-17(3-7-19)15-34-23-28-21(29-10-12-33-13-11-29)14-22(31)30(23)18-4-8-20(9-5-18)35-16-24(25,26)27/h2-9,14H,10-13,15-16H2,1H3. The third kappa shape index (κ3) is 6.44. The highest BCUT2D eigenvalue weighted by Gasteiger charge is 2.28. The van der Waals surface area contributed by atoms with Crippen LogP contribution in [-0.2, 0) is 11.3 Å². The van der Waals surface area contributed by atoms with Crippen molar-refractivity contribution in [2.45, 2.75) is 12.8 Å². The Morgan fingerprint density at radius 2 is 1.63 bits per heavy atom. The lowest BCUT2D eigenvalue weighted by molar-refractivity contribution is -0.153. The predicted octanol–water partition coefficient (Wildman–Crippen LogP) is 3.60. The summed E-state index contributed by atoms with van der Waals surface area (Å²) in [5.41, 5.74) is 0.814. The van der Waals surface area contributed by atoms with Crippen molar-refractivity contribution in [3.63, 3.8) is 0 Å². The van der Waals surface area contributed by atoms with Crippen molar-refractivity contribution in [1.29, 1.82) is 0 Å². The summed E-state index contributed by atoms with van der Waals surface area (Å²) in [6.45, 7) is 0.936. The number of rotatable bonds is 8. The van der Waals surface area contributed by atoms with Crippen LogP contribution in [0.3, 0.4) is 0 Å². The molecule has 0 unspecified atom stereocenters. The Kier molecular flexibility index (Phi) is 7.45. The Labute approximate surface area is 199 Å². The van der Waals surface area contributed by atoms with Crippen molar-refractivity contribution in [1.82, 2.24) is 9.55 Å². The van der Waals surface area contributed by atoms with Gasteiger partial charge in [0.1, 0.15) is 23.9 Å². The highest BCUT2D eigenvalue weighted by atomic mass is 19.4. The normalized spacial score (nSPS) is 14.0. The van der Waals surface area contributed by atoms with Gasteiger partial charge in [-0.1, -0.05) is 12.1 Å². The molecule has 1 aromatic heterocycles. The molecule has 3 aromatic rings. The van der Waals surface area contributed by atoms with Crippen LogP contribution in [0.4, 0.5) is 19.0 Å². The van der Waals surface area contributed by atoms with Gasteiger partial charge in [-0.15, -0.1) is 0 Å². The molecule has 1 fully saturated rings. The molecule has 0 aliphatic carbocycles. The van der Waals surface area contributed by atoms with Crippen LogP contribution in [0, 0.1) is 0 Å². The number of anilines is 1. The molecule has 186 valence electrons. The smallest absolute Gasteiger partial charge is 0.422 e. The van der Waals surface area contributed by atoms with Crippen LogP contribution in [0.1, 0.15) is 5.56 Å². The SMILES string of the molecule is COc1ccc(COc2nc(N3CCOCC3)cc(=O)n2-c2ccc(OCC(F)(F)F)cc2)cc1. The first-order valence-electron chi connectivity index (χ1n) is 10.8. The van der Waals surface area contributed by atoms with Gasteiger partial charge in [-0.3, -0.25) is 4.79 Å². The summed E-state index contributed by atoms with van der Waals surface area (Å²) in [5.74, 6) is 1.19. The number of hydrogen-bond donors (Lipinski definition) is 0. The van der Waals surface area contributed by atoms with Crippen LogP contribution >= 0.6 is 0 Å². The average molecular weight is 491 g/mol. The van der Waals surface area contributed by atoms with Gasteiger partial charge in [-0.05, 0) is 42.0 Å². The number of morpholine rings is 1. The molecule has 2 aromatic carbocycles. The fourth-order valence-electron chi connectivity index (χ4n) is 3.46. The Morgan fingerprint density at radius 3 is 2.26 bits per heavy atom. The van der Waals surface area contributed by atoms with Gasteiger partial charge < -0.3 is 23.8 Å². The van der Waals surface area contributed by atoms with E-state index < -0.39 is 18.3 Å². The number of nitrogens with zero attached hydrogens (tertiary/aromatic N) is 3. The largest absolute Gasteiger partial charge is 0.497 e. The van der Waals surface area contributed by atoms with Gasteiger partial charge in [0, 0.05) is 19.2 Å². The second-order valence-corrected chi connectivity index (χ2v) is 7.70. The lowest BCUT2D eigenvalue weighted by Crippen LogP contribution is -2.38. The van der Waals surface area contributed by atoms with Gasteiger partial charge in [0.05, 0.1) is 26.0 Å². The van der Waals surface area contributed by atoms with Crippen molar-refractivity contribution < 1.29 is 32.1 Å². The summed E-state index contributed by atoms with van der Waals surface area (Å²) < 4.78 is 59.8. The van der Waals surface area contributed by atoms with Crippen LogP contribution < -0.4 is 24.7 Å². The molecule has 0 atom stereocenters.